The molecule has 1 aliphatic heterocycles. The topological polar surface area (TPSA) is 18.5 Å². The van der Waals surface area contributed by atoms with Crippen molar-refractivity contribution in [1.29, 1.82) is 0 Å². The minimum atomic E-state index is -0.718. The predicted molar refractivity (Wildman–Crippen MR) is 37.3 cm³/mol. The van der Waals surface area contributed by atoms with Gasteiger partial charge in [-0.1, -0.05) is 0 Å². The van der Waals surface area contributed by atoms with E-state index in [9.17, 15) is 8.78 Å². The van der Waals surface area contributed by atoms with Crippen molar-refractivity contribution < 1.29 is 18.3 Å². The highest BCUT2D eigenvalue weighted by Gasteiger charge is 2.17. The SMILES string of the molecule is Fc1cc(F)c2c(c1)OCCO2. The molecule has 1 heterocycles. The molecule has 0 radical (unpaired) electrons. The van der Waals surface area contributed by atoms with Crippen molar-refractivity contribution in [3.8, 4) is 11.5 Å². The molecule has 12 heavy (non-hydrogen) atoms. The average molecular weight is 172 g/mol. The first-order chi connectivity index (χ1) is 5.77. The molecule has 1 aliphatic rings. The van der Waals surface area contributed by atoms with Gasteiger partial charge in [0, 0.05) is 12.1 Å². The van der Waals surface area contributed by atoms with Crippen LogP contribution in [-0.2, 0) is 0 Å². The highest BCUT2D eigenvalue weighted by Crippen LogP contribution is 2.33. The van der Waals surface area contributed by atoms with Crippen molar-refractivity contribution in [3.05, 3.63) is 23.8 Å². The van der Waals surface area contributed by atoms with Gasteiger partial charge in [0.05, 0.1) is 0 Å². The molecule has 2 nitrogen and oxygen atoms in total. The van der Waals surface area contributed by atoms with E-state index >= 15 is 0 Å². The van der Waals surface area contributed by atoms with E-state index in [4.69, 9.17) is 9.47 Å². The van der Waals surface area contributed by atoms with Gasteiger partial charge in [0.25, 0.3) is 0 Å². The summed E-state index contributed by atoms with van der Waals surface area (Å²) >= 11 is 0. The summed E-state index contributed by atoms with van der Waals surface area (Å²) in [5.74, 6) is -1.23. The first kappa shape index (κ1) is 7.34. The maximum atomic E-state index is 12.9. The van der Waals surface area contributed by atoms with E-state index < -0.39 is 11.6 Å². The lowest BCUT2D eigenvalue weighted by molar-refractivity contribution is 0.163. The van der Waals surface area contributed by atoms with E-state index in [0.717, 1.165) is 12.1 Å². The Bertz CT molecular complexity index is 312. The zero-order valence-corrected chi connectivity index (χ0v) is 6.14. The van der Waals surface area contributed by atoms with Gasteiger partial charge in [-0.3, -0.25) is 0 Å². The molecule has 2 rings (SSSR count). The third kappa shape index (κ3) is 1.09. The fraction of sp³-hybridized carbons (Fsp3) is 0.250. The fourth-order valence-corrected chi connectivity index (χ4v) is 1.08. The normalized spacial score (nSPS) is 14.5. The number of rotatable bonds is 0. The highest BCUT2D eigenvalue weighted by atomic mass is 19.1. The first-order valence-corrected chi connectivity index (χ1v) is 3.52. The molecule has 0 atom stereocenters. The Morgan fingerprint density at radius 3 is 2.67 bits per heavy atom. The number of benzene rings is 1. The van der Waals surface area contributed by atoms with Crippen molar-refractivity contribution in [2.24, 2.45) is 0 Å². The van der Waals surface area contributed by atoms with Gasteiger partial charge in [-0.2, -0.15) is 0 Å². The van der Waals surface area contributed by atoms with E-state index in [1.54, 1.807) is 0 Å². The summed E-state index contributed by atoms with van der Waals surface area (Å²) in [5, 5.41) is 0. The summed E-state index contributed by atoms with van der Waals surface area (Å²) in [5.41, 5.74) is 0. The Hall–Kier alpha value is -1.32. The van der Waals surface area contributed by atoms with Gasteiger partial charge < -0.3 is 9.47 Å². The molecule has 0 saturated carbocycles. The summed E-state index contributed by atoms with van der Waals surface area (Å²) in [6.07, 6.45) is 0. The number of ether oxygens (including phenoxy) is 2. The van der Waals surface area contributed by atoms with Crippen molar-refractivity contribution >= 4 is 0 Å². The van der Waals surface area contributed by atoms with Crippen LogP contribution in [0.15, 0.2) is 12.1 Å². The first-order valence-electron chi connectivity index (χ1n) is 3.52. The number of fused-ring (bicyclic) bond motifs is 1. The fourth-order valence-electron chi connectivity index (χ4n) is 1.08. The van der Waals surface area contributed by atoms with E-state index in [-0.39, 0.29) is 11.5 Å². The van der Waals surface area contributed by atoms with Crippen LogP contribution in [0.5, 0.6) is 11.5 Å². The maximum Gasteiger partial charge on any atom is 0.197 e. The van der Waals surface area contributed by atoms with Crippen molar-refractivity contribution in [1.82, 2.24) is 0 Å². The largest absolute Gasteiger partial charge is 0.486 e. The summed E-state index contributed by atoms with van der Waals surface area (Å²) in [6.45, 7) is 0.630. The predicted octanol–water partition coefficient (Wildman–Crippen LogP) is 1.74. The van der Waals surface area contributed by atoms with Crippen LogP contribution in [0.4, 0.5) is 8.78 Å². The van der Waals surface area contributed by atoms with Crippen LogP contribution < -0.4 is 9.47 Å². The Morgan fingerprint density at radius 1 is 1.08 bits per heavy atom. The van der Waals surface area contributed by atoms with E-state index in [2.05, 4.69) is 0 Å². The van der Waals surface area contributed by atoms with Crippen molar-refractivity contribution in [3.63, 3.8) is 0 Å². The number of hydrogen-bond acceptors (Lipinski definition) is 2. The summed E-state index contributed by atoms with van der Waals surface area (Å²) in [6, 6.07) is 1.88. The second kappa shape index (κ2) is 2.62. The third-order valence-electron chi connectivity index (χ3n) is 1.56. The molecule has 64 valence electrons. The van der Waals surface area contributed by atoms with Gasteiger partial charge in [0.2, 0.25) is 0 Å². The third-order valence-corrected chi connectivity index (χ3v) is 1.56. The average Bonchev–Trinajstić information content (AvgIpc) is 2.04. The second-order valence-electron chi connectivity index (χ2n) is 2.41. The molecule has 1 aromatic carbocycles. The molecule has 0 N–H and O–H groups in total. The van der Waals surface area contributed by atoms with Crippen molar-refractivity contribution in [2.45, 2.75) is 0 Å². The molecule has 0 spiro atoms. The maximum absolute atomic E-state index is 12.9. The smallest absolute Gasteiger partial charge is 0.197 e. The molecule has 0 unspecified atom stereocenters. The molecule has 4 heteroatoms. The molecule has 0 amide bonds. The minimum Gasteiger partial charge on any atom is -0.486 e. The Labute approximate surface area is 67.7 Å². The van der Waals surface area contributed by atoms with Crippen LogP contribution in [0.3, 0.4) is 0 Å². The second-order valence-corrected chi connectivity index (χ2v) is 2.41. The molecule has 0 fully saturated rings. The molecular formula is C8H6F2O2. The Kier molecular flexibility index (Phi) is 1.60. The van der Waals surface area contributed by atoms with Gasteiger partial charge in [-0.25, -0.2) is 8.78 Å². The lowest BCUT2D eigenvalue weighted by Crippen LogP contribution is -2.16. The lowest BCUT2D eigenvalue weighted by atomic mass is 10.3. The standard InChI is InChI=1S/C8H6F2O2/c9-5-3-6(10)8-7(4-5)11-1-2-12-8/h3-4H,1-2H2. The van der Waals surface area contributed by atoms with E-state index in [0.29, 0.717) is 13.2 Å². The summed E-state index contributed by atoms with van der Waals surface area (Å²) < 4.78 is 35.4. The van der Waals surface area contributed by atoms with Crippen LogP contribution in [0.25, 0.3) is 0 Å². The van der Waals surface area contributed by atoms with Crippen LogP contribution in [-0.4, -0.2) is 13.2 Å². The lowest BCUT2D eigenvalue weighted by Gasteiger charge is -2.18. The molecular weight excluding hydrogens is 166 g/mol. The Morgan fingerprint density at radius 2 is 1.83 bits per heavy atom. The zero-order chi connectivity index (χ0) is 8.55. The number of halogens is 2. The van der Waals surface area contributed by atoms with Gasteiger partial charge in [-0.05, 0) is 0 Å². The molecule has 0 saturated heterocycles. The van der Waals surface area contributed by atoms with E-state index in [1.807, 2.05) is 0 Å². The van der Waals surface area contributed by atoms with Crippen LogP contribution >= 0.6 is 0 Å². The zero-order valence-electron chi connectivity index (χ0n) is 6.14. The summed E-state index contributed by atoms with van der Waals surface area (Å²) in [7, 11) is 0. The Balaban J connectivity index is 2.53. The molecule has 0 aromatic heterocycles. The van der Waals surface area contributed by atoms with Crippen molar-refractivity contribution in [2.75, 3.05) is 13.2 Å². The molecule has 0 bridgehead atoms. The monoisotopic (exact) mass is 172 g/mol. The number of hydrogen-bond donors (Lipinski definition) is 0. The van der Waals surface area contributed by atoms with Crippen LogP contribution in [0.2, 0.25) is 0 Å². The molecule has 0 aliphatic carbocycles. The quantitative estimate of drug-likeness (QED) is 0.593. The van der Waals surface area contributed by atoms with Gasteiger partial charge in [0.1, 0.15) is 19.0 Å². The van der Waals surface area contributed by atoms with Gasteiger partial charge >= 0.3 is 0 Å². The van der Waals surface area contributed by atoms with Crippen LogP contribution in [0, 0.1) is 11.6 Å². The summed E-state index contributed by atoms with van der Waals surface area (Å²) in [4.78, 5) is 0. The highest BCUT2D eigenvalue weighted by molar-refractivity contribution is 5.42. The van der Waals surface area contributed by atoms with Gasteiger partial charge in [0.15, 0.2) is 17.3 Å². The van der Waals surface area contributed by atoms with E-state index in [1.165, 1.54) is 0 Å². The minimum absolute atomic E-state index is 0.00245. The molecule has 1 aromatic rings. The van der Waals surface area contributed by atoms with Gasteiger partial charge in [-0.15, -0.1) is 0 Å². The van der Waals surface area contributed by atoms with Crippen LogP contribution in [0.1, 0.15) is 0 Å².